The van der Waals surface area contributed by atoms with Gasteiger partial charge in [-0.3, -0.25) is 4.90 Å². The number of nitrogens with zero attached hydrogens (tertiary/aromatic N) is 1. The summed E-state index contributed by atoms with van der Waals surface area (Å²) < 4.78 is 0. The molecule has 1 fully saturated rings. The molecule has 0 aliphatic carbocycles. The Balaban J connectivity index is 2.18. The molecule has 0 bridgehead atoms. The summed E-state index contributed by atoms with van der Waals surface area (Å²) in [6.45, 7) is 14.9. The zero-order chi connectivity index (χ0) is 15.5. The lowest BCUT2D eigenvalue weighted by Crippen LogP contribution is -2.64. The first-order valence-electron chi connectivity index (χ1n) is 8.54. The summed E-state index contributed by atoms with van der Waals surface area (Å²) in [5.41, 5.74) is 3.11. The van der Waals surface area contributed by atoms with Gasteiger partial charge in [0.2, 0.25) is 0 Å². The third-order valence-electron chi connectivity index (χ3n) is 5.25. The van der Waals surface area contributed by atoms with E-state index in [9.17, 15) is 0 Å². The Bertz CT molecular complexity index is 449. The van der Waals surface area contributed by atoms with E-state index >= 15 is 0 Å². The highest BCUT2D eigenvalue weighted by atomic mass is 15.3. The van der Waals surface area contributed by atoms with Crippen molar-refractivity contribution in [2.24, 2.45) is 5.92 Å². The van der Waals surface area contributed by atoms with E-state index in [0.717, 1.165) is 19.6 Å². The van der Waals surface area contributed by atoms with E-state index in [-0.39, 0.29) is 0 Å². The molecule has 1 aliphatic heterocycles. The Labute approximate surface area is 130 Å². The van der Waals surface area contributed by atoms with Crippen molar-refractivity contribution in [1.29, 1.82) is 0 Å². The van der Waals surface area contributed by atoms with Crippen molar-refractivity contribution in [2.45, 2.75) is 65.6 Å². The van der Waals surface area contributed by atoms with Gasteiger partial charge in [-0.15, -0.1) is 0 Å². The Kier molecular flexibility index (Phi) is 5.45. The molecule has 1 aromatic carbocycles. The first kappa shape index (κ1) is 16.5. The second-order valence-corrected chi connectivity index (χ2v) is 7.07. The minimum Gasteiger partial charge on any atom is -0.308 e. The van der Waals surface area contributed by atoms with Gasteiger partial charge in [0.15, 0.2) is 0 Å². The smallest absolute Gasteiger partial charge is 0.0304 e. The van der Waals surface area contributed by atoms with Crippen molar-refractivity contribution in [3.63, 3.8) is 0 Å². The van der Waals surface area contributed by atoms with Crippen LogP contribution in [0, 0.1) is 12.8 Å². The summed E-state index contributed by atoms with van der Waals surface area (Å²) in [5, 5.41) is 3.85. The highest BCUT2D eigenvalue weighted by Crippen LogP contribution is 2.27. The van der Waals surface area contributed by atoms with Crippen LogP contribution in [0.5, 0.6) is 0 Å². The van der Waals surface area contributed by atoms with Crippen LogP contribution in [0.1, 0.15) is 51.7 Å². The molecule has 1 heterocycles. The van der Waals surface area contributed by atoms with E-state index in [1.807, 2.05) is 0 Å². The summed E-state index contributed by atoms with van der Waals surface area (Å²) in [7, 11) is 0. The minimum atomic E-state index is 0.301. The zero-order valence-corrected chi connectivity index (χ0v) is 14.4. The zero-order valence-electron chi connectivity index (χ0n) is 14.4. The fourth-order valence-corrected chi connectivity index (χ4v) is 3.61. The van der Waals surface area contributed by atoms with Crippen LogP contribution in [0.4, 0.5) is 0 Å². The van der Waals surface area contributed by atoms with E-state index in [2.05, 4.69) is 69.1 Å². The largest absolute Gasteiger partial charge is 0.308 e. The van der Waals surface area contributed by atoms with Crippen LogP contribution in [0.25, 0.3) is 0 Å². The van der Waals surface area contributed by atoms with Crippen LogP contribution >= 0.6 is 0 Å². The van der Waals surface area contributed by atoms with Gasteiger partial charge >= 0.3 is 0 Å². The normalized spacial score (nSPS) is 22.7. The molecule has 1 saturated heterocycles. The van der Waals surface area contributed by atoms with Crippen molar-refractivity contribution < 1.29 is 0 Å². The van der Waals surface area contributed by atoms with E-state index in [1.165, 1.54) is 24.0 Å². The van der Waals surface area contributed by atoms with Gasteiger partial charge in [0, 0.05) is 31.2 Å². The van der Waals surface area contributed by atoms with Gasteiger partial charge in [-0.05, 0) is 31.2 Å². The van der Waals surface area contributed by atoms with Gasteiger partial charge in [0.05, 0.1) is 0 Å². The molecule has 21 heavy (non-hydrogen) atoms. The van der Waals surface area contributed by atoms with Gasteiger partial charge in [-0.1, -0.05) is 57.5 Å². The van der Waals surface area contributed by atoms with E-state index in [0.29, 0.717) is 17.5 Å². The van der Waals surface area contributed by atoms with Crippen LogP contribution in [0.2, 0.25) is 0 Å². The van der Waals surface area contributed by atoms with Crippen molar-refractivity contribution in [3.8, 4) is 0 Å². The Morgan fingerprint density at radius 2 is 2.00 bits per heavy atom. The monoisotopic (exact) mass is 288 g/mol. The number of hydrogen-bond donors (Lipinski definition) is 1. The van der Waals surface area contributed by atoms with Crippen molar-refractivity contribution in [1.82, 2.24) is 10.2 Å². The fraction of sp³-hybridized carbons (Fsp3) is 0.684. The Morgan fingerprint density at radius 1 is 1.29 bits per heavy atom. The van der Waals surface area contributed by atoms with E-state index in [1.54, 1.807) is 0 Å². The lowest BCUT2D eigenvalue weighted by Gasteiger charge is -2.49. The molecule has 1 N–H and O–H groups in total. The van der Waals surface area contributed by atoms with Gasteiger partial charge in [-0.2, -0.15) is 0 Å². The highest BCUT2D eigenvalue weighted by Gasteiger charge is 2.37. The van der Waals surface area contributed by atoms with Crippen LogP contribution in [0.15, 0.2) is 24.3 Å². The Hall–Kier alpha value is -0.860. The molecule has 118 valence electrons. The lowest BCUT2D eigenvalue weighted by molar-refractivity contribution is 0.0443. The van der Waals surface area contributed by atoms with Crippen molar-refractivity contribution in [2.75, 3.05) is 13.1 Å². The number of benzene rings is 1. The maximum atomic E-state index is 3.85. The lowest BCUT2D eigenvalue weighted by atomic mass is 9.86. The first-order chi connectivity index (χ1) is 9.99. The topological polar surface area (TPSA) is 15.3 Å². The molecule has 0 radical (unpaired) electrons. The van der Waals surface area contributed by atoms with Crippen LogP contribution in [-0.2, 0) is 6.54 Å². The van der Waals surface area contributed by atoms with Crippen LogP contribution in [0.3, 0.4) is 0 Å². The molecule has 0 amide bonds. The average Bonchev–Trinajstić information content (AvgIpc) is 2.47. The second-order valence-electron chi connectivity index (χ2n) is 7.07. The summed E-state index contributed by atoms with van der Waals surface area (Å²) in [6.07, 6.45) is 2.41. The number of aryl methyl sites for hydroxylation is 1. The molecule has 1 atom stereocenters. The number of piperazine rings is 1. The molecule has 1 aliphatic rings. The van der Waals surface area contributed by atoms with Gasteiger partial charge in [0.1, 0.15) is 0 Å². The molecule has 0 spiro atoms. The van der Waals surface area contributed by atoms with Gasteiger partial charge in [0.25, 0.3) is 0 Å². The molecule has 0 aromatic heterocycles. The van der Waals surface area contributed by atoms with Crippen molar-refractivity contribution >= 4 is 0 Å². The van der Waals surface area contributed by atoms with Crippen LogP contribution < -0.4 is 5.32 Å². The van der Waals surface area contributed by atoms with Crippen molar-refractivity contribution in [3.05, 3.63) is 35.4 Å². The third-order valence-corrected chi connectivity index (χ3v) is 5.25. The summed E-state index contributed by atoms with van der Waals surface area (Å²) in [4.78, 5) is 2.71. The average molecular weight is 288 g/mol. The summed E-state index contributed by atoms with van der Waals surface area (Å²) in [5.74, 6) is 0.689. The molecule has 0 saturated carbocycles. The molecule has 1 unspecified atom stereocenters. The minimum absolute atomic E-state index is 0.301. The maximum absolute atomic E-state index is 3.85. The maximum Gasteiger partial charge on any atom is 0.0304 e. The predicted octanol–water partition coefficient (Wildman–Crippen LogP) is 3.98. The highest BCUT2D eigenvalue weighted by molar-refractivity contribution is 5.22. The molecular weight excluding hydrogens is 256 g/mol. The fourth-order valence-electron chi connectivity index (χ4n) is 3.61. The predicted molar refractivity (Wildman–Crippen MR) is 91.5 cm³/mol. The second kappa shape index (κ2) is 6.93. The van der Waals surface area contributed by atoms with Gasteiger partial charge < -0.3 is 5.32 Å². The van der Waals surface area contributed by atoms with E-state index in [4.69, 9.17) is 0 Å². The number of rotatable bonds is 5. The standard InChI is InChI=1S/C19H32N2/c1-6-19(7-2)14-21(18(12-20-19)15(3)4)13-17-10-8-9-16(5)11-17/h8-11,15,18,20H,6-7,12-14H2,1-5H3. The molecular formula is C19H32N2. The number of hydrogen-bond acceptors (Lipinski definition) is 2. The van der Waals surface area contributed by atoms with Gasteiger partial charge in [-0.25, -0.2) is 0 Å². The number of nitrogens with one attached hydrogen (secondary N) is 1. The SMILES string of the molecule is CCC1(CC)CN(Cc2cccc(C)c2)C(C(C)C)CN1. The summed E-state index contributed by atoms with van der Waals surface area (Å²) in [6, 6.07) is 9.61. The quantitative estimate of drug-likeness (QED) is 0.881. The van der Waals surface area contributed by atoms with E-state index < -0.39 is 0 Å². The molecule has 2 heteroatoms. The molecule has 2 rings (SSSR count). The first-order valence-corrected chi connectivity index (χ1v) is 8.54. The third kappa shape index (κ3) is 3.87. The molecule has 2 nitrogen and oxygen atoms in total. The Morgan fingerprint density at radius 3 is 2.57 bits per heavy atom. The molecule has 1 aromatic rings. The summed E-state index contributed by atoms with van der Waals surface area (Å²) >= 11 is 0. The van der Waals surface area contributed by atoms with Crippen LogP contribution in [-0.4, -0.2) is 29.6 Å².